The molecule has 5 atom stereocenters. The van der Waals surface area contributed by atoms with E-state index >= 15 is 0 Å². The summed E-state index contributed by atoms with van der Waals surface area (Å²) >= 11 is 2.33. The van der Waals surface area contributed by atoms with Crippen LogP contribution in [0.15, 0.2) is 91.0 Å². The molecule has 0 aliphatic carbocycles. The minimum atomic E-state index is -0.732. The minimum absolute atomic E-state index is 0.0114. The molecule has 3 aromatic carbocycles. The van der Waals surface area contributed by atoms with E-state index in [4.69, 9.17) is 28.4 Å². The van der Waals surface area contributed by atoms with E-state index in [9.17, 15) is 4.79 Å². The number of alkyl halides is 1. The van der Waals surface area contributed by atoms with Crippen molar-refractivity contribution in [3.8, 4) is 0 Å². The first-order chi connectivity index (χ1) is 19.6. The van der Waals surface area contributed by atoms with Gasteiger partial charge in [0.05, 0.1) is 26.4 Å². The molecule has 1 fully saturated rings. The third kappa shape index (κ3) is 9.64. The predicted molar refractivity (Wildman–Crippen MR) is 160 cm³/mol. The molecule has 214 valence electrons. The van der Waals surface area contributed by atoms with Crippen LogP contribution < -0.4 is 0 Å². The number of carbonyl (C=O) groups excluding carboxylic acids is 1. The van der Waals surface area contributed by atoms with E-state index in [0.717, 1.165) is 27.5 Å². The van der Waals surface area contributed by atoms with Gasteiger partial charge in [0.1, 0.15) is 31.0 Å². The summed E-state index contributed by atoms with van der Waals surface area (Å²) in [5.41, 5.74) is 3.06. The number of hydrogen-bond acceptors (Lipinski definition) is 7. The van der Waals surface area contributed by atoms with Crippen molar-refractivity contribution >= 4 is 28.6 Å². The zero-order chi connectivity index (χ0) is 28.0. The van der Waals surface area contributed by atoms with Crippen molar-refractivity contribution in [1.82, 2.24) is 0 Å². The third-order valence-corrected chi connectivity index (χ3v) is 7.22. The lowest BCUT2D eigenvalue weighted by molar-refractivity contribution is -0.327. The first-order valence-electron chi connectivity index (χ1n) is 13.6. The molecule has 7 nitrogen and oxygen atoms in total. The Kier molecular flexibility index (Phi) is 12.9. The maximum absolute atomic E-state index is 11.8. The molecular formula is C32H37IO7. The van der Waals surface area contributed by atoms with Gasteiger partial charge in [-0.15, -0.1) is 0 Å². The van der Waals surface area contributed by atoms with Crippen molar-refractivity contribution in [2.24, 2.45) is 0 Å². The smallest absolute Gasteiger partial charge is 0.302 e. The fourth-order valence-electron chi connectivity index (χ4n) is 4.47. The average Bonchev–Trinajstić information content (AvgIpc) is 2.99. The van der Waals surface area contributed by atoms with Crippen LogP contribution in [-0.2, 0) is 53.0 Å². The summed E-state index contributed by atoms with van der Waals surface area (Å²) in [7, 11) is 0. The van der Waals surface area contributed by atoms with Crippen LogP contribution >= 0.6 is 22.6 Å². The van der Waals surface area contributed by atoms with Crippen LogP contribution in [0.25, 0.3) is 0 Å². The summed E-state index contributed by atoms with van der Waals surface area (Å²) in [6.07, 6.45) is -2.23. The topological polar surface area (TPSA) is 72.5 Å². The molecule has 0 spiro atoms. The largest absolute Gasteiger partial charge is 0.463 e. The molecule has 0 amide bonds. The highest BCUT2D eigenvalue weighted by molar-refractivity contribution is 14.1. The number of carbonyl (C=O) groups is 1. The average molecular weight is 661 g/mol. The van der Waals surface area contributed by atoms with E-state index in [1.165, 1.54) is 6.92 Å². The number of benzene rings is 3. The first-order valence-corrected chi connectivity index (χ1v) is 15.1. The van der Waals surface area contributed by atoms with Crippen LogP contribution in [0.3, 0.4) is 0 Å². The van der Waals surface area contributed by atoms with Gasteiger partial charge in [-0.25, -0.2) is 0 Å². The van der Waals surface area contributed by atoms with Gasteiger partial charge >= 0.3 is 5.97 Å². The van der Waals surface area contributed by atoms with Gasteiger partial charge in [-0.05, 0) is 23.1 Å². The van der Waals surface area contributed by atoms with Crippen LogP contribution in [0.2, 0.25) is 0 Å². The zero-order valence-corrected chi connectivity index (χ0v) is 24.9. The monoisotopic (exact) mass is 660 g/mol. The molecule has 0 radical (unpaired) electrons. The lowest BCUT2D eigenvalue weighted by atomic mass is 9.97. The van der Waals surface area contributed by atoms with E-state index < -0.39 is 36.7 Å². The second kappa shape index (κ2) is 16.8. The Morgan fingerprint density at radius 2 is 1.18 bits per heavy atom. The van der Waals surface area contributed by atoms with E-state index in [2.05, 4.69) is 22.6 Å². The van der Waals surface area contributed by atoms with Crippen molar-refractivity contribution in [2.75, 3.05) is 17.6 Å². The van der Waals surface area contributed by atoms with Gasteiger partial charge < -0.3 is 28.4 Å². The van der Waals surface area contributed by atoms with E-state index in [1.807, 2.05) is 91.0 Å². The molecule has 40 heavy (non-hydrogen) atoms. The lowest BCUT2D eigenvalue weighted by Gasteiger charge is -2.45. The summed E-state index contributed by atoms with van der Waals surface area (Å²) in [5.74, 6) is -0.392. The highest BCUT2D eigenvalue weighted by atomic mass is 127. The molecule has 0 saturated carbocycles. The summed E-state index contributed by atoms with van der Waals surface area (Å²) in [5, 5.41) is 0. The molecular weight excluding hydrogens is 623 g/mol. The van der Waals surface area contributed by atoms with Crippen molar-refractivity contribution in [2.45, 2.75) is 63.9 Å². The van der Waals surface area contributed by atoms with Crippen LogP contribution in [-0.4, -0.2) is 54.3 Å². The highest BCUT2D eigenvalue weighted by Gasteiger charge is 2.49. The van der Waals surface area contributed by atoms with Gasteiger partial charge in [-0.3, -0.25) is 4.79 Å². The molecule has 8 heteroatoms. The molecule has 3 aromatic rings. The van der Waals surface area contributed by atoms with Gasteiger partial charge in [0.2, 0.25) is 0 Å². The van der Waals surface area contributed by atoms with E-state index in [-0.39, 0.29) is 6.61 Å². The Morgan fingerprint density at radius 1 is 0.700 bits per heavy atom. The lowest BCUT2D eigenvalue weighted by Crippen LogP contribution is -2.62. The molecule has 1 heterocycles. The summed E-state index contributed by atoms with van der Waals surface area (Å²) in [6.45, 7) is 2.93. The predicted octanol–water partition coefficient (Wildman–Crippen LogP) is 5.87. The second-order valence-corrected chi connectivity index (χ2v) is 10.6. The van der Waals surface area contributed by atoms with Crippen LogP contribution in [0.5, 0.6) is 0 Å². The zero-order valence-electron chi connectivity index (χ0n) is 22.7. The fraction of sp³-hybridized carbons (Fsp3) is 0.406. The van der Waals surface area contributed by atoms with Gasteiger partial charge in [-0.1, -0.05) is 114 Å². The van der Waals surface area contributed by atoms with Crippen LogP contribution in [0.1, 0.15) is 30.0 Å². The van der Waals surface area contributed by atoms with Gasteiger partial charge in [0, 0.05) is 11.4 Å². The van der Waals surface area contributed by atoms with Gasteiger partial charge in [-0.2, -0.15) is 0 Å². The number of halogens is 1. The highest BCUT2D eigenvalue weighted by Crippen LogP contribution is 2.31. The molecule has 1 aliphatic heterocycles. The van der Waals surface area contributed by atoms with Gasteiger partial charge in [0.25, 0.3) is 0 Å². The SMILES string of the molecule is CC(=O)OC[C@H]1O[C@@H](OCCCI)[C@@H](OCc2ccccc2)[C@@H](OCc2ccccc2)[C@@H]1OCc1ccccc1. The third-order valence-electron chi connectivity index (χ3n) is 6.46. The molecule has 0 aromatic heterocycles. The standard InChI is InChI=1S/C32H37IO7/c1-24(34)36-23-28-29(37-20-25-12-5-2-6-13-25)30(38-21-26-14-7-3-8-15-26)31(32(40-28)35-19-11-18-33)39-22-27-16-9-4-10-17-27/h2-10,12-17,28-32H,11,18-23H2,1H3/t28-,29-,30+,31+,32-/m1/s1. The molecule has 0 bridgehead atoms. The molecule has 4 rings (SSSR count). The number of rotatable bonds is 15. The minimum Gasteiger partial charge on any atom is -0.463 e. The molecule has 1 aliphatic rings. The Bertz CT molecular complexity index is 1120. The van der Waals surface area contributed by atoms with Crippen molar-refractivity contribution in [3.63, 3.8) is 0 Å². The molecule has 1 saturated heterocycles. The quantitative estimate of drug-likeness (QED) is 0.0874. The molecule has 0 N–H and O–H groups in total. The van der Waals surface area contributed by atoms with Crippen LogP contribution in [0, 0.1) is 0 Å². The number of hydrogen-bond donors (Lipinski definition) is 0. The van der Waals surface area contributed by atoms with E-state index in [1.54, 1.807) is 0 Å². The Labute approximate surface area is 250 Å². The maximum Gasteiger partial charge on any atom is 0.302 e. The van der Waals surface area contributed by atoms with Crippen molar-refractivity contribution in [3.05, 3.63) is 108 Å². The fourth-order valence-corrected chi connectivity index (χ4v) is 4.78. The summed E-state index contributed by atoms with van der Waals surface area (Å²) < 4.78 is 38.6. The second-order valence-electron chi connectivity index (χ2n) is 9.54. The van der Waals surface area contributed by atoms with Gasteiger partial charge in [0.15, 0.2) is 6.29 Å². The summed E-state index contributed by atoms with van der Waals surface area (Å²) in [4.78, 5) is 11.8. The Morgan fingerprint density at radius 3 is 1.65 bits per heavy atom. The first kappa shape index (κ1) is 30.6. The normalized spacial score (nSPS) is 22.6. The Balaban J connectivity index is 1.63. The maximum atomic E-state index is 11.8. The van der Waals surface area contributed by atoms with Crippen LogP contribution in [0.4, 0.5) is 0 Å². The van der Waals surface area contributed by atoms with Crippen molar-refractivity contribution in [1.29, 1.82) is 0 Å². The number of esters is 1. The molecule has 0 unspecified atom stereocenters. The Hall–Kier alpha value is -2.34. The summed E-state index contributed by atoms with van der Waals surface area (Å²) in [6, 6.07) is 29.9. The number of ether oxygens (including phenoxy) is 6. The van der Waals surface area contributed by atoms with E-state index in [0.29, 0.717) is 26.4 Å². The van der Waals surface area contributed by atoms with Crippen molar-refractivity contribution < 1.29 is 33.2 Å².